The van der Waals surface area contributed by atoms with Gasteiger partial charge in [-0.3, -0.25) is 4.90 Å². The highest BCUT2D eigenvalue weighted by atomic mass is 79.9. The Labute approximate surface area is 118 Å². The molecule has 0 aromatic heterocycles. The highest BCUT2D eigenvalue weighted by molar-refractivity contribution is 9.10. The van der Waals surface area contributed by atoms with Gasteiger partial charge in [-0.15, -0.1) is 0 Å². The number of piperidine rings is 1. The molecular formula is C15H22BrNO. The van der Waals surface area contributed by atoms with Gasteiger partial charge < -0.3 is 5.11 Å². The molecule has 3 heteroatoms. The van der Waals surface area contributed by atoms with Gasteiger partial charge in [0.25, 0.3) is 0 Å². The smallest absolute Gasteiger partial charge is 0.0589 e. The standard InChI is InChI=1S/C15H22BrNO/c1-11-5-6-13(8-14(11)16)9-17-7-3-4-12(2)15(17)10-18/h5-6,8,12,15,18H,3-4,7,9-10H2,1-2H3/t12-,15-/m0/s1. The minimum Gasteiger partial charge on any atom is -0.395 e. The van der Waals surface area contributed by atoms with Crippen molar-refractivity contribution in [2.45, 2.75) is 39.3 Å². The van der Waals surface area contributed by atoms with Gasteiger partial charge in [-0.05, 0) is 49.4 Å². The lowest BCUT2D eigenvalue weighted by Gasteiger charge is -2.39. The Morgan fingerprint density at radius 1 is 1.44 bits per heavy atom. The molecule has 0 unspecified atom stereocenters. The van der Waals surface area contributed by atoms with E-state index in [0.717, 1.165) is 13.1 Å². The predicted molar refractivity (Wildman–Crippen MR) is 78.6 cm³/mol. The van der Waals surface area contributed by atoms with Crippen LogP contribution >= 0.6 is 15.9 Å². The first kappa shape index (κ1) is 14.0. The van der Waals surface area contributed by atoms with E-state index in [1.54, 1.807) is 0 Å². The van der Waals surface area contributed by atoms with Crippen molar-refractivity contribution in [3.05, 3.63) is 33.8 Å². The van der Waals surface area contributed by atoms with Gasteiger partial charge in [0.05, 0.1) is 6.61 Å². The number of aliphatic hydroxyl groups is 1. The van der Waals surface area contributed by atoms with Crippen molar-refractivity contribution < 1.29 is 5.11 Å². The molecule has 1 aromatic carbocycles. The van der Waals surface area contributed by atoms with Gasteiger partial charge in [-0.25, -0.2) is 0 Å². The molecule has 100 valence electrons. The summed E-state index contributed by atoms with van der Waals surface area (Å²) in [7, 11) is 0. The summed E-state index contributed by atoms with van der Waals surface area (Å²) in [5, 5.41) is 9.56. The molecule has 18 heavy (non-hydrogen) atoms. The van der Waals surface area contributed by atoms with Gasteiger partial charge in [0.2, 0.25) is 0 Å². The Kier molecular flexibility index (Phi) is 4.82. The lowest BCUT2D eigenvalue weighted by molar-refractivity contribution is 0.0472. The molecule has 0 bridgehead atoms. The summed E-state index contributed by atoms with van der Waals surface area (Å²) >= 11 is 3.59. The van der Waals surface area contributed by atoms with Gasteiger partial charge in [-0.2, -0.15) is 0 Å². The first-order valence-electron chi connectivity index (χ1n) is 6.71. The monoisotopic (exact) mass is 311 g/mol. The Bertz CT molecular complexity index is 407. The van der Waals surface area contributed by atoms with Gasteiger partial charge in [0.1, 0.15) is 0 Å². The van der Waals surface area contributed by atoms with Crippen molar-refractivity contribution in [1.82, 2.24) is 4.90 Å². The van der Waals surface area contributed by atoms with Crippen LogP contribution in [-0.2, 0) is 6.54 Å². The first-order chi connectivity index (χ1) is 8.61. The highest BCUT2D eigenvalue weighted by Gasteiger charge is 2.27. The van der Waals surface area contributed by atoms with Gasteiger partial charge >= 0.3 is 0 Å². The second kappa shape index (κ2) is 6.18. The van der Waals surface area contributed by atoms with Crippen LogP contribution in [-0.4, -0.2) is 29.2 Å². The van der Waals surface area contributed by atoms with Crippen LogP contribution in [0.25, 0.3) is 0 Å². The Morgan fingerprint density at radius 3 is 2.89 bits per heavy atom. The molecule has 1 fully saturated rings. The zero-order valence-electron chi connectivity index (χ0n) is 11.2. The maximum atomic E-state index is 9.56. The molecule has 2 atom stereocenters. The predicted octanol–water partition coefficient (Wildman–Crippen LogP) is 3.35. The van der Waals surface area contributed by atoms with Crippen LogP contribution in [0.2, 0.25) is 0 Å². The number of aryl methyl sites for hydroxylation is 1. The van der Waals surface area contributed by atoms with Gasteiger partial charge in [0, 0.05) is 17.1 Å². The summed E-state index contributed by atoms with van der Waals surface area (Å²) in [5.41, 5.74) is 2.59. The van der Waals surface area contributed by atoms with Crippen LogP contribution in [0, 0.1) is 12.8 Å². The van der Waals surface area contributed by atoms with Crippen LogP contribution in [0.5, 0.6) is 0 Å². The first-order valence-corrected chi connectivity index (χ1v) is 7.51. The van der Waals surface area contributed by atoms with Crippen molar-refractivity contribution in [2.24, 2.45) is 5.92 Å². The molecule has 1 saturated heterocycles. The number of halogens is 1. The number of rotatable bonds is 3. The van der Waals surface area contributed by atoms with E-state index in [0.29, 0.717) is 12.0 Å². The Balaban J connectivity index is 2.09. The van der Waals surface area contributed by atoms with E-state index in [2.05, 4.69) is 52.9 Å². The number of hydrogen-bond donors (Lipinski definition) is 1. The second-order valence-electron chi connectivity index (χ2n) is 5.42. The van der Waals surface area contributed by atoms with E-state index >= 15 is 0 Å². The maximum Gasteiger partial charge on any atom is 0.0589 e. The summed E-state index contributed by atoms with van der Waals surface area (Å²) in [6, 6.07) is 6.86. The molecule has 0 radical (unpaired) electrons. The van der Waals surface area contributed by atoms with E-state index in [9.17, 15) is 5.11 Å². The summed E-state index contributed by atoms with van der Waals surface area (Å²) in [6.45, 7) is 6.66. The highest BCUT2D eigenvalue weighted by Crippen LogP contribution is 2.26. The SMILES string of the molecule is Cc1ccc(CN2CCC[C@H](C)[C@@H]2CO)cc1Br. The number of nitrogens with zero attached hydrogens (tertiary/aromatic N) is 1. The van der Waals surface area contributed by atoms with E-state index in [1.165, 1.54) is 28.4 Å². The third-order valence-corrected chi connectivity index (χ3v) is 4.89. The van der Waals surface area contributed by atoms with E-state index in [1.807, 2.05) is 0 Å². The topological polar surface area (TPSA) is 23.5 Å². The largest absolute Gasteiger partial charge is 0.395 e. The molecule has 2 rings (SSSR count). The van der Waals surface area contributed by atoms with E-state index < -0.39 is 0 Å². The van der Waals surface area contributed by atoms with E-state index in [4.69, 9.17) is 0 Å². The molecule has 0 saturated carbocycles. The van der Waals surface area contributed by atoms with Crippen LogP contribution in [0.15, 0.2) is 22.7 Å². The zero-order chi connectivity index (χ0) is 13.1. The third kappa shape index (κ3) is 3.14. The van der Waals surface area contributed by atoms with Gasteiger partial charge in [0.15, 0.2) is 0 Å². The molecular weight excluding hydrogens is 290 g/mol. The van der Waals surface area contributed by atoms with Crippen molar-refractivity contribution in [3.8, 4) is 0 Å². The Morgan fingerprint density at radius 2 is 2.22 bits per heavy atom. The van der Waals surface area contributed by atoms with Crippen molar-refractivity contribution in [2.75, 3.05) is 13.2 Å². The number of hydrogen-bond acceptors (Lipinski definition) is 2. The summed E-state index contributed by atoms with van der Waals surface area (Å²) in [5.74, 6) is 0.595. The average molecular weight is 312 g/mol. The van der Waals surface area contributed by atoms with Crippen molar-refractivity contribution in [1.29, 1.82) is 0 Å². The Hall–Kier alpha value is -0.380. The summed E-state index contributed by atoms with van der Waals surface area (Å²) in [4.78, 5) is 2.42. The van der Waals surface area contributed by atoms with Crippen LogP contribution in [0.1, 0.15) is 30.9 Å². The number of likely N-dealkylation sites (tertiary alicyclic amines) is 1. The fourth-order valence-corrected chi connectivity index (χ4v) is 3.22. The van der Waals surface area contributed by atoms with E-state index in [-0.39, 0.29) is 6.61 Å². The molecule has 0 aliphatic carbocycles. The lowest BCUT2D eigenvalue weighted by atomic mass is 9.91. The molecule has 1 aliphatic rings. The number of benzene rings is 1. The lowest BCUT2D eigenvalue weighted by Crippen LogP contribution is -2.45. The van der Waals surface area contributed by atoms with Crippen molar-refractivity contribution in [3.63, 3.8) is 0 Å². The van der Waals surface area contributed by atoms with Crippen LogP contribution in [0.4, 0.5) is 0 Å². The summed E-state index contributed by atoms with van der Waals surface area (Å²) in [6.07, 6.45) is 2.48. The molecule has 0 spiro atoms. The average Bonchev–Trinajstić information content (AvgIpc) is 2.34. The van der Waals surface area contributed by atoms with Crippen molar-refractivity contribution >= 4 is 15.9 Å². The number of aliphatic hydroxyl groups excluding tert-OH is 1. The minimum absolute atomic E-state index is 0.272. The summed E-state index contributed by atoms with van der Waals surface area (Å²) < 4.78 is 1.17. The fourth-order valence-electron chi connectivity index (χ4n) is 2.80. The minimum atomic E-state index is 0.272. The molecule has 1 aliphatic heterocycles. The third-order valence-electron chi connectivity index (χ3n) is 4.04. The van der Waals surface area contributed by atoms with Gasteiger partial charge in [-0.1, -0.05) is 35.0 Å². The fraction of sp³-hybridized carbons (Fsp3) is 0.600. The molecule has 1 N–H and O–H groups in total. The van der Waals surface area contributed by atoms with Crippen LogP contribution < -0.4 is 0 Å². The second-order valence-corrected chi connectivity index (χ2v) is 6.28. The molecule has 1 aromatic rings. The normalized spacial score (nSPS) is 25.3. The van der Waals surface area contributed by atoms with Crippen LogP contribution in [0.3, 0.4) is 0 Å². The quantitative estimate of drug-likeness (QED) is 0.925. The molecule has 1 heterocycles. The molecule has 0 amide bonds. The molecule has 2 nitrogen and oxygen atoms in total. The zero-order valence-corrected chi connectivity index (χ0v) is 12.8. The maximum absolute atomic E-state index is 9.56.